The molecule has 0 saturated carbocycles. The Kier molecular flexibility index (Phi) is 10.8. The van der Waals surface area contributed by atoms with Crippen LogP contribution < -0.4 is 10.5 Å². The predicted molar refractivity (Wildman–Crippen MR) is 145 cm³/mol. The molecule has 0 spiro atoms. The maximum absolute atomic E-state index is 14.3. The maximum Gasteiger partial charge on any atom is 0.374 e. The van der Waals surface area contributed by atoms with Gasteiger partial charge < -0.3 is 25.1 Å². The van der Waals surface area contributed by atoms with Crippen molar-refractivity contribution in [1.82, 2.24) is 15.5 Å². The molecule has 0 radical (unpaired) electrons. The van der Waals surface area contributed by atoms with E-state index in [1.54, 1.807) is 31.2 Å². The van der Waals surface area contributed by atoms with E-state index in [1.165, 1.54) is 31.2 Å². The number of ketones is 1. The molecule has 3 aromatic rings. The van der Waals surface area contributed by atoms with Crippen molar-refractivity contribution in [1.29, 1.82) is 0 Å². The molecule has 4 N–H and O–H groups in total. The summed E-state index contributed by atoms with van der Waals surface area (Å²) in [6.45, 7) is 2.81. The van der Waals surface area contributed by atoms with E-state index < -0.39 is 36.6 Å². The van der Waals surface area contributed by atoms with Crippen molar-refractivity contribution in [3.8, 4) is 11.1 Å². The standard InChI is InChI=1S/C27H30BClFN3O6/c1-16-13-32-26(39-16)24(34)11-18(10-20(27(36)37)14-31-25(35)15-33-28(2)38)9-17-3-5-19(6-4-17)22-12-21(29)7-8-23(22)30/h3-8,12-13,18,20,33,38H,9-11,14-15H2,1-2H3,(H,31,35)(H,36,37)/t18-,20+/m1/s1. The molecule has 12 heteroatoms. The molecule has 2 aromatic carbocycles. The fourth-order valence-electron chi connectivity index (χ4n) is 4.16. The molecular weight excluding hydrogens is 528 g/mol. The lowest BCUT2D eigenvalue weighted by atomic mass is 9.85. The minimum Gasteiger partial charge on any atom is -0.481 e. The Morgan fingerprint density at radius 3 is 2.51 bits per heavy atom. The van der Waals surface area contributed by atoms with E-state index in [-0.39, 0.29) is 37.6 Å². The number of carbonyl (C=O) groups is 3. The fraction of sp³-hybridized carbons (Fsp3) is 0.333. The molecule has 3 rings (SSSR count). The second kappa shape index (κ2) is 14.0. The minimum atomic E-state index is -1.12. The summed E-state index contributed by atoms with van der Waals surface area (Å²) >= 11 is 6.02. The Bertz CT molecular complexity index is 1300. The Hall–Kier alpha value is -3.54. The number of halogens is 2. The van der Waals surface area contributed by atoms with Crippen LogP contribution in [0.1, 0.15) is 34.9 Å². The largest absolute Gasteiger partial charge is 0.481 e. The molecule has 0 aliphatic rings. The average Bonchev–Trinajstić information content (AvgIpc) is 3.33. The Morgan fingerprint density at radius 1 is 1.18 bits per heavy atom. The molecule has 9 nitrogen and oxygen atoms in total. The molecule has 0 bridgehead atoms. The number of carboxylic acid groups (broad SMARTS) is 1. The molecule has 1 amide bonds. The zero-order valence-electron chi connectivity index (χ0n) is 21.6. The van der Waals surface area contributed by atoms with E-state index in [0.717, 1.165) is 5.56 Å². The first kappa shape index (κ1) is 30.0. The van der Waals surface area contributed by atoms with Crippen LogP contribution in [0, 0.1) is 24.6 Å². The molecule has 0 aliphatic carbocycles. The first-order chi connectivity index (χ1) is 18.5. The van der Waals surface area contributed by atoms with Crippen molar-refractivity contribution < 1.29 is 33.3 Å². The van der Waals surface area contributed by atoms with Crippen LogP contribution >= 0.6 is 11.6 Å². The highest BCUT2D eigenvalue weighted by Crippen LogP contribution is 2.28. The third-order valence-electron chi connectivity index (χ3n) is 6.12. The second-order valence-electron chi connectivity index (χ2n) is 9.43. The molecule has 1 heterocycles. The van der Waals surface area contributed by atoms with Crippen LogP contribution in [-0.2, 0) is 16.0 Å². The zero-order valence-corrected chi connectivity index (χ0v) is 22.4. The average molecular weight is 558 g/mol. The predicted octanol–water partition coefficient (Wildman–Crippen LogP) is 3.78. The normalized spacial score (nSPS) is 12.5. The number of nitrogens with one attached hydrogen (secondary N) is 2. The molecule has 0 saturated heterocycles. The number of aliphatic carboxylic acids is 1. The van der Waals surface area contributed by atoms with E-state index in [2.05, 4.69) is 15.5 Å². The topological polar surface area (TPSA) is 142 Å². The molecule has 39 heavy (non-hydrogen) atoms. The number of oxazole rings is 1. The highest BCUT2D eigenvalue weighted by molar-refractivity contribution is 6.45. The monoisotopic (exact) mass is 557 g/mol. The van der Waals surface area contributed by atoms with Crippen molar-refractivity contribution >= 4 is 36.3 Å². The summed E-state index contributed by atoms with van der Waals surface area (Å²) in [4.78, 5) is 40.9. The smallest absolute Gasteiger partial charge is 0.374 e. The van der Waals surface area contributed by atoms with Gasteiger partial charge in [-0.05, 0) is 61.8 Å². The number of aryl methyl sites for hydroxylation is 1. The number of carbonyl (C=O) groups excluding carboxylic acids is 2. The van der Waals surface area contributed by atoms with E-state index >= 15 is 0 Å². The van der Waals surface area contributed by atoms with Gasteiger partial charge in [-0.15, -0.1) is 0 Å². The molecule has 1 aromatic heterocycles. The first-order valence-corrected chi connectivity index (χ1v) is 12.8. The van der Waals surface area contributed by atoms with Gasteiger partial charge in [0, 0.05) is 23.6 Å². The Labute approximate surface area is 230 Å². The van der Waals surface area contributed by atoms with Gasteiger partial charge in [-0.3, -0.25) is 14.4 Å². The van der Waals surface area contributed by atoms with Crippen LogP contribution in [-0.4, -0.2) is 52.9 Å². The van der Waals surface area contributed by atoms with Gasteiger partial charge >= 0.3 is 13.0 Å². The van der Waals surface area contributed by atoms with Crippen molar-refractivity contribution in [2.75, 3.05) is 13.1 Å². The van der Waals surface area contributed by atoms with E-state index in [9.17, 15) is 28.9 Å². The number of benzene rings is 2. The van der Waals surface area contributed by atoms with Gasteiger partial charge in [0.15, 0.2) is 0 Å². The summed E-state index contributed by atoms with van der Waals surface area (Å²) < 4.78 is 19.6. The number of hydrogen-bond acceptors (Lipinski definition) is 7. The van der Waals surface area contributed by atoms with Crippen LogP contribution in [0.4, 0.5) is 4.39 Å². The van der Waals surface area contributed by atoms with Gasteiger partial charge in [-0.1, -0.05) is 35.9 Å². The second-order valence-corrected chi connectivity index (χ2v) is 9.86. The summed E-state index contributed by atoms with van der Waals surface area (Å²) in [5.41, 5.74) is 1.79. The molecule has 0 aliphatic heterocycles. The lowest BCUT2D eigenvalue weighted by molar-refractivity contribution is -0.142. The maximum atomic E-state index is 14.3. The van der Waals surface area contributed by atoms with Gasteiger partial charge in [0.05, 0.1) is 18.7 Å². The molecule has 2 atom stereocenters. The lowest BCUT2D eigenvalue weighted by Gasteiger charge is -2.21. The third kappa shape index (κ3) is 9.31. The number of rotatable bonds is 14. The molecule has 0 fully saturated rings. The van der Waals surface area contributed by atoms with E-state index in [0.29, 0.717) is 28.3 Å². The first-order valence-electron chi connectivity index (χ1n) is 12.4. The number of aromatic nitrogens is 1. The number of amides is 1. The summed E-state index contributed by atoms with van der Waals surface area (Å²) in [5.74, 6) is -3.31. The van der Waals surface area contributed by atoms with Crippen molar-refractivity contribution in [3.63, 3.8) is 0 Å². The number of nitrogens with zero attached hydrogens (tertiary/aromatic N) is 1. The zero-order chi connectivity index (χ0) is 28.5. The van der Waals surface area contributed by atoms with Crippen molar-refractivity contribution in [2.45, 2.75) is 33.0 Å². The highest BCUT2D eigenvalue weighted by Gasteiger charge is 2.27. The van der Waals surface area contributed by atoms with E-state index in [4.69, 9.17) is 16.0 Å². The third-order valence-corrected chi connectivity index (χ3v) is 6.36. The van der Waals surface area contributed by atoms with Gasteiger partial charge in [0.1, 0.15) is 11.6 Å². The number of hydrogen-bond donors (Lipinski definition) is 4. The highest BCUT2D eigenvalue weighted by atomic mass is 35.5. The summed E-state index contributed by atoms with van der Waals surface area (Å²) in [5, 5.41) is 24.6. The fourth-order valence-corrected chi connectivity index (χ4v) is 4.33. The van der Waals surface area contributed by atoms with Crippen LogP contribution in [0.5, 0.6) is 0 Å². The molecule has 206 valence electrons. The Balaban J connectivity index is 1.76. The van der Waals surface area contributed by atoms with Gasteiger partial charge in [-0.25, -0.2) is 9.37 Å². The van der Waals surface area contributed by atoms with Crippen molar-refractivity contribution in [3.05, 3.63) is 76.7 Å². The SMILES string of the molecule is CB(O)NCC(=O)NC[C@H](C[C@H](CC(=O)c1ncc(C)o1)Cc1ccc(-c2cc(Cl)ccc2F)cc1)C(=O)O. The van der Waals surface area contributed by atoms with Crippen LogP contribution in [0.2, 0.25) is 11.8 Å². The molecule has 0 unspecified atom stereocenters. The van der Waals surface area contributed by atoms with Gasteiger partial charge in [0.25, 0.3) is 5.89 Å². The van der Waals surface area contributed by atoms with Crippen LogP contribution in [0.25, 0.3) is 11.1 Å². The van der Waals surface area contributed by atoms with Crippen LogP contribution in [0.3, 0.4) is 0 Å². The molecular formula is C27H30BClFN3O6. The van der Waals surface area contributed by atoms with E-state index in [1.807, 2.05) is 0 Å². The van der Waals surface area contributed by atoms with Gasteiger partial charge in [-0.2, -0.15) is 0 Å². The van der Waals surface area contributed by atoms with Gasteiger partial charge in [0.2, 0.25) is 11.7 Å². The summed E-state index contributed by atoms with van der Waals surface area (Å²) in [6.07, 6.45) is 1.86. The summed E-state index contributed by atoms with van der Waals surface area (Å²) in [6, 6.07) is 11.4. The van der Waals surface area contributed by atoms with Crippen molar-refractivity contribution in [2.24, 2.45) is 11.8 Å². The quantitative estimate of drug-likeness (QED) is 0.173. The summed E-state index contributed by atoms with van der Waals surface area (Å²) in [7, 11) is -0.887. The number of carboxylic acids is 1. The Morgan fingerprint density at radius 2 is 1.90 bits per heavy atom. The number of Topliss-reactive ketones (excluding diaryl/α,β-unsaturated/α-hetero) is 1. The lowest BCUT2D eigenvalue weighted by Crippen LogP contribution is -2.42. The minimum absolute atomic E-state index is 0.0219. The van der Waals surface area contributed by atoms with Crippen LogP contribution in [0.15, 0.2) is 53.1 Å².